The number of esters is 1. The minimum Gasteiger partial charge on any atom is -0.478 e. The van der Waals surface area contributed by atoms with Crippen molar-refractivity contribution in [3.63, 3.8) is 0 Å². The molecule has 4 nitrogen and oxygen atoms in total. The monoisotopic (exact) mass is 290 g/mol. The molecule has 0 saturated heterocycles. The fourth-order valence-corrected chi connectivity index (χ4v) is 2.54. The molecule has 0 amide bonds. The van der Waals surface area contributed by atoms with E-state index in [1.54, 1.807) is 31.2 Å². The number of ether oxygens (including phenoxy) is 2. The Morgan fingerprint density at radius 1 is 1.14 bits per heavy atom. The second-order valence-electron chi connectivity index (χ2n) is 5.51. The quantitative estimate of drug-likeness (QED) is 0.615. The van der Waals surface area contributed by atoms with E-state index in [1.165, 1.54) is 13.3 Å². The summed E-state index contributed by atoms with van der Waals surface area (Å²) in [6.45, 7) is 3.13. The highest BCUT2D eigenvalue weighted by molar-refractivity contribution is 5.96. The normalized spacial score (nSPS) is 17.0. The van der Waals surface area contributed by atoms with E-state index in [-0.39, 0.29) is 17.9 Å². The maximum absolute atomic E-state index is 12.1. The molecule has 21 heavy (non-hydrogen) atoms. The van der Waals surface area contributed by atoms with E-state index >= 15 is 0 Å². The first-order valence-electron chi connectivity index (χ1n) is 7.55. The number of Topliss-reactive ketones (excluding diaryl/α,β-unsaturated/α-hetero) is 1. The van der Waals surface area contributed by atoms with Gasteiger partial charge >= 0.3 is 5.97 Å². The third kappa shape index (κ3) is 4.31. The lowest BCUT2D eigenvalue weighted by atomic mass is 9.98. The maximum Gasteiger partial charge on any atom is 0.347 e. The Labute approximate surface area is 125 Å². The molecule has 0 radical (unpaired) electrons. The lowest BCUT2D eigenvalue weighted by Gasteiger charge is -2.24. The highest BCUT2D eigenvalue weighted by Gasteiger charge is 2.23. The van der Waals surface area contributed by atoms with Gasteiger partial charge in [-0.2, -0.15) is 0 Å². The van der Waals surface area contributed by atoms with Gasteiger partial charge in [-0.3, -0.25) is 4.79 Å². The zero-order valence-corrected chi connectivity index (χ0v) is 12.6. The highest BCUT2D eigenvalue weighted by atomic mass is 16.6. The van der Waals surface area contributed by atoms with E-state index in [0.717, 1.165) is 25.7 Å². The first-order chi connectivity index (χ1) is 10.1. The number of rotatable bonds is 5. The molecule has 114 valence electrons. The Hall–Kier alpha value is -1.84. The van der Waals surface area contributed by atoms with Gasteiger partial charge in [0.1, 0.15) is 11.9 Å². The summed E-state index contributed by atoms with van der Waals surface area (Å²) in [6, 6.07) is 6.94. The molecule has 0 bridgehead atoms. The van der Waals surface area contributed by atoms with Crippen LogP contribution in [0.4, 0.5) is 0 Å². The number of carbonyl (C=O) groups is 2. The van der Waals surface area contributed by atoms with E-state index in [2.05, 4.69) is 0 Å². The van der Waals surface area contributed by atoms with Gasteiger partial charge in [0.05, 0.1) is 5.56 Å². The Kier molecular flexibility index (Phi) is 5.37. The average Bonchev–Trinajstić information content (AvgIpc) is 2.48. The summed E-state index contributed by atoms with van der Waals surface area (Å²) < 4.78 is 11.1. The Morgan fingerprint density at radius 3 is 2.48 bits per heavy atom. The second kappa shape index (κ2) is 7.25. The molecule has 1 saturated carbocycles. The Bertz CT molecular complexity index is 503. The molecule has 1 aromatic rings. The summed E-state index contributed by atoms with van der Waals surface area (Å²) in [5, 5.41) is 0. The summed E-state index contributed by atoms with van der Waals surface area (Å²) in [4.78, 5) is 23.6. The summed E-state index contributed by atoms with van der Waals surface area (Å²) >= 11 is 0. The van der Waals surface area contributed by atoms with E-state index < -0.39 is 6.10 Å². The molecule has 1 atom stereocenters. The van der Waals surface area contributed by atoms with Crippen LogP contribution in [-0.2, 0) is 9.53 Å². The number of benzene rings is 1. The minimum absolute atomic E-state index is 0.0142. The largest absolute Gasteiger partial charge is 0.478 e. The number of hydrogen-bond acceptors (Lipinski definition) is 4. The van der Waals surface area contributed by atoms with Crippen LogP contribution in [0.15, 0.2) is 24.3 Å². The summed E-state index contributed by atoms with van der Waals surface area (Å²) in [7, 11) is 0. The lowest BCUT2D eigenvalue weighted by Crippen LogP contribution is -2.31. The van der Waals surface area contributed by atoms with Crippen LogP contribution in [0.5, 0.6) is 5.75 Å². The molecule has 0 aliphatic heterocycles. The molecule has 1 unspecified atom stereocenters. The average molecular weight is 290 g/mol. The van der Waals surface area contributed by atoms with Gasteiger partial charge in [-0.05, 0) is 51.7 Å². The van der Waals surface area contributed by atoms with Gasteiger partial charge in [-0.1, -0.05) is 18.6 Å². The van der Waals surface area contributed by atoms with Crippen LogP contribution < -0.4 is 4.74 Å². The third-order valence-electron chi connectivity index (χ3n) is 3.74. The zero-order valence-electron chi connectivity index (χ0n) is 12.6. The van der Waals surface area contributed by atoms with E-state index in [1.807, 2.05) is 0 Å². The first kappa shape index (κ1) is 15.5. The Morgan fingerprint density at radius 2 is 1.81 bits per heavy atom. The van der Waals surface area contributed by atoms with Gasteiger partial charge in [-0.15, -0.1) is 0 Å². The van der Waals surface area contributed by atoms with Crippen LogP contribution in [0.25, 0.3) is 0 Å². The molecule has 2 rings (SSSR count). The van der Waals surface area contributed by atoms with Crippen molar-refractivity contribution in [2.75, 3.05) is 0 Å². The lowest BCUT2D eigenvalue weighted by molar-refractivity contribution is -0.158. The van der Waals surface area contributed by atoms with Crippen molar-refractivity contribution >= 4 is 11.8 Å². The number of hydrogen-bond donors (Lipinski definition) is 0. The minimum atomic E-state index is -0.715. The van der Waals surface area contributed by atoms with Gasteiger partial charge in [0.25, 0.3) is 0 Å². The Balaban J connectivity index is 1.95. The van der Waals surface area contributed by atoms with Crippen LogP contribution in [0, 0.1) is 0 Å². The summed E-state index contributed by atoms with van der Waals surface area (Å²) in [5.41, 5.74) is 0.481. The summed E-state index contributed by atoms with van der Waals surface area (Å²) in [6.07, 6.45) is 4.60. The molecule has 1 aromatic carbocycles. The van der Waals surface area contributed by atoms with E-state index in [4.69, 9.17) is 9.47 Å². The van der Waals surface area contributed by atoms with Gasteiger partial charge in [0.15, 0.2) is 11.9 Å². The predicted molar refractivity (Wildman–Crippen MR) is 79.5 cm³/mol. The standard InChI is InChI=1S/C17H22O4/c1-12(18)15-10-6-7-11-16(15)20-13(2)17(19)21-14-8-4-3-5-9-14/h6-7,10-11,13-14H,3-5,8-9H2,1-2H3. The fraction of sp³-hybridized carbons (Fsp3) is 0.529. The van der Waals surface area contributed by atoms with Crippen molar-refractivity contribution in [2.45, 2.75) is 58.2 Å². The van der Waals surface area contributed by atoms with Crippen molar-refractivity contribution in [3.05, 3.63) is 29.8 Å². The molecule has 0 spiro atoms. The fourth-order valence-electron chi connectivity index (χ4n) is 2.54. The van der Waals surface area contributed by atoms with Gasteiger partial charge in [0.2, 0.25) is 0 Å². The van der Waals surface area contributed by atoms with Gasteiger partial charge in [0, 0.05) is 0 Å². The highest BCUT2D eigenvalue weighted by Crippen LogP contribution is 2.23. The van der Waals surface area contributed by atoms with E-state index in [0.29, 0.717) is 11.3 Å². The molecule has 1 aliphatic carbocycles. The SMILES string of the molecule is CC(=O)c1ccccc1OC(C)C(=O)OC1CCCCC1. The molecule has 1 fully saturated rings. The van der Waals surface area contributed by atoms with Crippen molar-refractivity contribution in [1.82, 2.24) is 0 Å². The third-order valence-corrected chi connectivity index (χ3v) is 3.74. The van der Waals surface area contributed by atoms with Crippen LogP contribution >= 0.6 is 0 Å². The van der Waals surface area contributed by atoms with Crippen molar-refractivity contribution in [1.29, 1.82) is 0 Å². The van der Waals surface area contributed by atoms with Crippen LogP contribution in [0.1, 0.15) is 56.3 Å². The molecular weight excluding hydrogens is 268 g/mol. The maximum atomic E-state index is 12.1. The molecule has 4 heteroatoms. The summed E-state index contributed by atoms with van der Waals surface area (Å²) in [5.74, 6) is -0.0169. The van der Waals surface area contributed by atoms with Crippen LogP contribution in [0.3, 0.4) is 0 Å². The van der Waals surface area contributed by atoms with E-state index in [9.17, 15) is 9.59 Å². The van der Waals surface area contributed by atoms with Gasteiger partial charge < -0.3 is 9.47 Å². The van der Waals surface area contributed by atoms with Crippen molar-refractivity contribution < 1.29 is 19.1 Å². The molecule has 0 N–H and O–H groups in total. The topological polar surface area (TPSA) is 52.6 Å². The predicted octanol–water partition coefficient (Wildman–Crippen LogP) is 3.53. The van der Waals surface area contributed by atoms with Crippen molar-refractivity contribution in [3.8, 4) is 5.75 Å². The number of ketones is 1. The number of carbonyl (C=O) groups excluding carboxylic acids is 2. The van der Waals surface area contributed by atoms with Crippen LogP contribution in [-0.4, -0.2) is 24.0 Å². The molecule has 0 aromatic heterocycles. The molecule has 0 heterocycles. The smallest absolute Gasteiger partial charge is 0.347 e. The van der Waals surface area contributed by atoms with Gasteiger partial charge in [-0.25, -0.2) is 4.79 Å². The second-order valence-corrected chi connectivity index (χ2v) is 5.51. The molecular formula is C17H22O4. The zero-order chi connectivity index (χ0) is 15.2. The van der Waals surface area contributed by atoms with Crippen LogP contribution in [0.2, 0.25) is 0 Å². The molecule has 1 aliphatic rings. The van der Waals surface area contributed by atoms with Crippen molar-refractivity contribution in [2.24, 2.45) is 0 Å². The number of para-hydroxylation sites is 1. The first-order valence-corrected chi connectivity index (χ1v) is 7.55.